The number of hydrogen-bond donors (Lipinski definition) is 1. The lowest BCUT2D eigenvalue weighted by molar-refractivity contribution is 0.0487. The number of amides is 1. The van der Waals surface area contributed by atoms with Crippen molar-refractivity contribution in [1.82, 2.24) is 4.90 Å². The van der Waals surface area contributed by atoms with E-state index in [0.29, 0.717) is 11.5 Å². The minimum atomic E-state index is -0.708. The van der Waals surface area contributed by atoms with Gasteiger partial charge in [-0.25, -0.2) is 0 Å². The van der Waals surface area contributed by atoms with E-state index in [4.69, 9.17) is 0 Å². The van der Waals surface area contributed by atoms with Crippen molar-refractivity contribution in [1.29, 1.82) is 0 Å². The Labute approximate surface area is 138 Å². The van der Waals surface area contributed by atoms with Gasteiger partial charge in [0.2, 0.25) is 0 Å². The van der Waals surface area contributed by atoms with E-state index >= 15 is 0 Å². The summed E-state index contributed by atoms with van der Waals surface area (Å²) in [6, 6.07) is 16.8. The van der Waals surface area contributed by atoms with E-state index in [1.165, 1.54) is 5.56 Å². The van der Waals surface area contributed by atoms with Crippen molar-refractivity contribution in [2.75, 3.05) is 7.05 Å². The molecule has 2 aromatic carbocycles. The fraction of sp³-hybridized carbons (Fsp3) is 0.350. The molecule has 3 heteroatoms. The summed E-state index contributed by atoms with van der Waals surface area (Å²) in [5.41, 5.74) is 2.67. The number of carbonyl (C=O) groups is 1. The largest absolute Gasteiger partial charge is 0.386 e. The smallest absolute Gasteiger partial charge is 0.253 e. The lowest BCUT2D eigenvalue weighted by atomic mass is 10.00. The van der Waals surface area contributed by atoms with Crippen LogP contribution in [-0.4, -0.2) is 29.0 Å². The summed E-state index contributed by atoms with van der Waals surface area (Å²) >= 11 is 0. The van der Waals surface area contributed by atoms with Crippen LogP contribution in [0.1, 0.15) is 54.3 Å². The van der Waals surface area contributed by atoms with Gasteiger partial charge in [0.05, 0.1) is 12.1 Å². The van der Waals surface area contributed by atoms with Crippen molar-refractivity contribution in [2.45, 2.75) is 38.8 Å². The number of carbonyl (C=O) groups excluding carboxylic acids is 1. The molecule has 2 aromatic rings. The Kier molecular flexibility index (Phi) is 5.56. The molecule has 2 atom stereocenters. The second kappa shape index (κ2) is 7.42. The fourth-order valence-corrected chi connectivity index (χ4v) is 2.54. The molecule has 0 radical (unpaired) electrons. The summed E-state index contributed by atoms with van der Waals surface area (Å²) < 4.78 is 0. The van der Waals surface area contributed by atoms with Gasteiger partial charge in [-0.2, -0.15) is 0 Å². The average Bonchev–Trinajstić information content (AvgIpc) is 2.60. The molecule has 0 saturated heterocycles. The third kappa shape index (κ3) is 3.99. The molecule has 0 spiro atoms. The second-order valence-corrected chi connectivity index (χ2v) is 6.29. The molecule has 1 N–H and O–H groups in total. The number of likely N-dealkylation sites (N-methyl/N-ethyl adjacent to an activating group) is 1. The molecule has 0 fully saturated rings. The maximum absolute atomic E-state index is 12.6. The van der Waals surface area contributed by atoms with E-state index in [0.717, 1.165) is 5.56 Å². The van der Waals surface area contributed by atoms with Gasteiger partial charge in [-0.05, 0) is 36.1 Å². The molecular formula is C20H25NO2. The highest BCUT2D eigenvalue weighted by molar-refractivity contribution is 5.94. The normalized spacial score (nSPS) is 13.7. The molecule has 122 valence electrons. The Morgan fingerprint density at radius 1 is 0.913 bits per heavy atom. The Morgan fingerprint density at radius 2 is 1.48 bits per heavy atom. The Hall–Kier alpha value is -2.13. The zero-order chi connectivity index (χ0) is 17.0. The predicted octanol–water partition coefficient (Wildman–Crippen LogP) is 4.00. The Bertz CT molecular complexity index is 634. The summed E-state index contributed by atoms with van der Waals surface area (Å²) in [5.74, 6) is 0.360. The van der Waals surface area contributed by atoms with E-state index in [-0.39, 0.29) is 11.9 Å². The third-order valence-electron chi connectivity index (χ3n) is 4.35. The van der Waals surface area contributed by atoms with Gasteiger partial charge < -0.3 is 10.0 Å². The van der Waals surface area contributed by atoms with Crippen LogP contribution >= 0.6 is 0 Å². The molecule has 0 aliphatic carbocycles. The first-order valence-corrected chi connectivity index (χ1v) is 8.02. The molecule has 3 nitrogen and oxygen atoms in total. The molecule has 0 heterocycles. The van der Waals surface area contributed by atoms with Crippen LogP contribution in [0.5, 0.6) is 0 Å². The quantitative estimate of drug-likeness (QED) is 0.906. The highest BCUT2D eigenvalue weighted by Crippen LogP contribution is 2.22. The zero-order valence-electron chi connectivity index (χ0n) is 14.2. The van der Waals surface area contributed by atoms with Crippen LogP contribution in [-0.2, 0) is 0 Å². The maximum atomic E-state index is 12.6. The fourth-order valence-electron chi connectivity index (χ4n) is 2.54. The molecule has 0 bridgehead atoms. The van der Waals surface area contributed by atoms with Gasteiger partial charge in [0, 0.05) is 12.6 Å². The molecule has 0 aromatic heterocycles. The number of aliphatic hydroxyl groups is 1. The molecule has 1 amide bonds. The van der Waals surface area contributed by atoms with Crippen LogP contribution < -0.4 is 0 Å². The van der Waals surface area contributed by atoms with Crippen LogP contribution in [0.2, 0.25) is 0 Å². The first kappa shape index (κ1) is 17.2. The second-order valence-electron chi connectivity index (χ2n) is 6.29. The van der Waals surface area contributed by atoms with Crippen molar-refractivity contribution in [2.24, 2.45) is 0 Å². The standard InChI is InChI=1S/C20H25NO2/c1-14(2)16-10-12-18(13-11-16)20(23)21(4)15(3)19(22)17-8-6-5-7-9-17/h5-15,19,22H,1-4H3. The SMILES string of the molecule is CC(C)c1ccc(C(=O)N(C)C(C)C(O)c2ccccc2)cc1. The van der Waals surface area contributed by atoms with Crippen molar-refractivity contribution in [3.8, 4) is 0 Å². The van der Waals surface area contributed by atoms with Gasteiger partial charge in [-0.15, -0.1) is 0 Å². The van der Waals surface area contributed by atoms with Crippen LogP contribution in [0.4, 0.5) is 0 Å². The summed E-state index contributed by atoms with van der Waals surface area (Å²) in [6.45, 7) is 6.11. The maximum Gasteiger partial charge on any atom is 0.253 e. The summed E-state index contributed by atoms with van der Waals surface area (Å²) in [4.78, 5) is 14.2. The van der Waals surface area contributed by atoms with Gasteiger partial charge in [0.1, 0.15) is 0 Å². The van der Waals surface area contributed by atoms with E-state index in [1.54, 1.807) is 11.9 Å². The van der Waals surface area contributed by atoms with Gasteiger partial charge in [-0.3, -0.25) is 4.79 Å². The van der Waals surface area contributed by atoms with Crippen LogP contribution in [0.3, 0.4) is 0 Å². The zero-order valence-corrected chi connectivity index (χ0v) is 14.2. The van der Waals surface area contributed by atoms with E-state index in [9.17, 15) is 9.90 Å². The van der Waals surface area contributed by atoms with Crippen molar-refractivity contribution < 1.29 is 9.90 Å². The molecule has 23 heavy (non-hydrogen) atoms. The average molecular weight is 311 g/mol. The highest BCUT2D eigenvalue weighted by atomic mass is 16.3. The lowest BCUT2D eigenvalue weighted by Crippen LogP contribution is -2.39. The van der Waals surface area contributed by atoms with Crippen LogP contribution in [0.25, 0.3) is 0 Å². The first-order valence-electron chi connectivity index (χ1n) is 8.02. The first-order chi connectivity index (χ1) is 10.9. The predicted molar refractivity (Wildman–Crippen MR) is 93.5 cm³/mol. The minimum Gasteiger partial charge on any atom is -0.386 e. The van der Waals surface area contributed by atoms with Crippen molar-refractivity contribution in [3.63, 3.8) is 0 Å². The van der Waals surface area contributed by atoms with Crippen LogP contribution in [0, 0.1) is 0 Å². The Balaban J connectivity index is 2.12. The molecule has 0 aliphatic rings. The van der Waals surface area contributed by atoms with Gasteiger partial charge >= 0.3 is 0 Å². The van der Waals surface area contributed by atoms with E-state index in [1.807, 2.05) is 61.5 Å². The van der Waals surface area contributed by atoms with Gasteiger partial charge in [0.25, 0.3) is 5.91 Å². The van der Waals surface area contributed by atoms with Gasteiger partial charge in [0.15, 0.2) is 0 Å². The number of aliphatic hydroxyl groups excluding tert-OH is 1. The summed E-state index contributed by atoms with van der Waals surface area (Å²) in [7, 11) is 1.73. The molecule has 2 unspecified atom stereocenters. The molecular weight excluding hydrogens is 286 g/mol. The molecule has 0 saturated carbocycles. The summed E-state index contributed by atoms with van der Waals surface area (Å²) in [5, 5.41) is 10.5. The van der Waals surface area contributed by atoms with E-state index < -0.39 is 6.10 Å². The lowest BCUT2D eigenvalue weighted by Gasteiger charge is -2.29. The van der Waals surface area contributed by atoms with Crippen molar-refractivity contribution >= 4 is 5.91 Å². The Morgan fingerprint density at radius 3 is 2.00 bits per heavy atom. The third-order valence-corrected chi connectivity index (χ3v) is 4.35. The monoisotopic (exact) mass is 311 g/mol. The number of benzene rings is 2. The summed E-state index contributed by atoms with van der Waals surface area (Å²) in [6.07, 6.45) is -0.708. The molecule has 0 aliphatic heterocycles. The van der Waals surface area contributed by atoms with Crippen LogP contribution in [0.15, 0.2) is 54.6 Å². The number of nitrogens with zero attached hydrogens (tertiary/aromatic N) is 1. The number of rotatable bonds is 5. The van der Waals surface area contributed by atoms with Crippen molar-refractivity contribution in [3.05, 3.63) is 71.3 Å². The molecule has 2 rings (SSSR count). The minimum absolute atomic E-state index is 0.0808. The van der Waals surface area contributed by atoms with E-state index in [2.05, 4.69) is 13.8 Å². The topological polar surface area (TPSA) is 40.5 Å². The van der Waals surface area contributed by atoms with Gasteiger partial charge in [-0.1, -0.05) is 56.3 Å². The number of hydrogen-bond acceptors (Lipinski definition) is 2. The highest BCUT2D eigenvalue weighted by Gasteiger charge is 2.24.